The second-order valence-corrected chi connectivity index (χ2v) is 4.60. The summed E-state index contributed by atoms with van der Waals surface area (Å²) < 4.78 is 0. The average molecular weight is 253 g/mol. The van der Waals surface area contributed by atoms with Crippen molar-refractivity contribution in [2.45, 2.75) is 19.4 Å². The van der Waals surface area contributed by atoms with E-state index in [1.807, 2.05) is 6.07 Å². The van der Waals surface area contributed by atoms with Crippen LogP contribution in [0.4, 0.5) is 5.69 Å². The Hall–Kier alpha value is -2.05. The molecule has 0 amide bonds. The van der Waals surface area contributed by atoms with E-state index in [4.69, 9.17) is 11.0 Å². The zero-order valence-corrected chi connectivity index (χ0v) is 11.2. The fourth-order valence-corrected chi connectivity index (χ4v) is 2.29. The van der Waals surface area contributed by atoms with E-state index in [1.165, 1.54) is 16.5 Å². The van der Waals surface area contributed by atoms with Gasteiger partial charge in [-0.25, -0.2) is 0 Å². The molecule has 3 heteroatoms. The number of fused-ring (bicyclic) bond motifs is 1. The zero-order valence-electron chi connectivity index (χ0n) is 11.2. The van der Waals surface area contributed by atoms with E-state index in [9.17, 15) is 0 Å². The fraction of sp³-hybridized carbons (Fsp3) is 0.312. The summed E-state index contributed by atoms with van der Waals surface area (Å²) in [6.07, 6.45) is 0.688. The second-order valence-electron chi connectivity index (χ2n) is 4.60. The van der Waals surface area contributed by atoms with E-state index in [1.54, 1.807) is 0 Å². The van der Waals surface area contributed by atoms with Crippen molar-refractivity contribution in [3.8, 4) is 6.07 Å². The number of benzene rings is 2. The molecule has 0 spiro atoms. The molecule has 2 aromatic rings. The Morgan fingerprint density at radius 1 is 1.21 bits per heavy atom. The molecule has 3 nitrogen and oxygen atoms in total. The largest absolute Gasteiger partial charge is 0.371 e. The molecule has 1 unspecified atom stereocenters. The van der Waals surface area contributed by atoms with Crippen LogP contribution in [0, 0.1) is 11.3 Å². The molecule has 0 bridgehead atoms. The maximum atomic E-state index is 8.77. The topological polar surface area (TPSA) is 53.0 Å². The van der Waals surface area contributed by atoms with Crippen molar-refractivity contribution in [1.82, 2.24) is 0 Å². The Morgan fingerprint density at radius 2 is 1.95 bits per heavy atom. The third kappa shape index (κ3) is 3.04. The average Bonchev–Trinajstić information content (AvgIpc) is 2.47. The lowest BCUT2D eigenvalue weighted by molar-refractivity contribution is 0.694. The second kappa shape index (κ2) is 6.21. The normalized spacial score (nSPS) is 12.1. The minimum atomic E-state index is -0.385. The van der Waals surface area contributed by atoms with Crippen molar-refractivity contribution in [3.63, 3.8) is 0 Å². The highest BCUT2D eigenvalue weighted by Gasteiger charge is 2.09. The molecular weight excluding hydrogens is 234 g/mol. The Labute approximate surface area is 114 Å². The van der Waals surface area contributed by atoms with Gasteiger partial charge in [-0.1, -0.05) is 36.4 Å². The molecule has 2 N–H and O–H groups in total. The summed E-state index contributed by atoms with van der Waals surface area (Å²) in [7, 11) is 0. The number of nitrogens with two attached hydrogens (primary N) is 1. The number of nitrogens with zero attached hydrogens (tertiary/aromatic N) is 2. The van der Waals surface area contributed by atoms with Gasteiger partial charge in [0.1, 0.15) is 0 Å². The number of nitriles is 1. The molecule has 0 saturated heterocycles. The summed E-state index contributed by atoms with van der Waals surface area (Å²) in [6.45, 7) is 3.84. The predicted molar refractivity (Wildman–Crippen MR) is 80.0 cm³/mol. The Bertz CT molecular complexity index is 581. The van der Waals surface area contributed by atoms with Crippen molar-refractivity contribution in [1.29, 1.82) is 5.26 Å². The quantitative estimate of drug-likeness (QED) is 0.891. The standard InChI is InChI=1S/C16H19N3/c1-2-19(11-10-14(18)12-17)16-9-5-7-13-6-3-4-8-15(13)16/h3-9,14H,2,10-11,18H2,1H3. The summed E-state index contributed by atoms with van der Waals surface area (Å²) in [4.78, 5) is 2.28. The highest BCUT2D eigenvalue weighted by molar-refractivity contribution is 5.94. The third-order valence-electron chi connectivity index (χ3n) is 3.36. The Kier molecular flexibility index (Phi) is 4.38. The Balaban J connectivity index is 2.28. The van der Waals surface area contributed by atoms with Gasteiger partial charge in [-0.15, -0.1) is 0 Å². The number of hydrogen-bond acceptors (Lipinski definition) is 3. The molecule has 2 rings (SSSR count). The lowest BCUT2D eigenvalue weighted by Crippen LogP contribution is -2.29. The first-order chi connectivity index (χ1) is 9.26. The van der Waals surface area contributed by atoms with Crippen LogP contribution in [0.3, 0.4) is 0 Å². The first kappa shape index (κ1) is 13.4. The summed E-state index contributed by atoms with van der Waals surface area (Å²) in [5.74, 6) is 0. The summed E-state index contributed by atoms with van der Waals surface area (Å²) in [5, 5.41) is 11.3. The molecule has 0 aromatic heterocycles. The van der Waals surface area contributed by atoms with E-state index >= 15 is 0 Å². The molecule has 98 valence electrons. The molecule has 0 fully saturated rings. The van der Waals surface area contributed by atoms with Crippen LogP contribution in [0.15, 0.2) is 42.5 Å². The van der Waals surface area contributed by atoms with Gasteiger partial charge in [-0.2, -0.15) is 5.26 Å². The van der Waals surface area contributed by atoms with Crippen molar-refractivity contribution in [2.75, 3.05) is 18.0 Å². The van der Waals surface area contributed by atoms with Gasteiger partial charge in [0.15, 0.2) is 0 Å². The lowest BCUT2D eigenvalue weighted by Gasteiger charge is -2.25. The van der Waals surface area contributed by atoms with Crippen LogP contribution in [0.2, 0.25) is 0 Å². The van der Waals surface area contributed by atoms with Gasteiger partial charge < -0.3 is 10.6 Å². The Morgan fingerprint density at radius 3 is 2.68 bits per heavy atom. The molecule has 0 saturated carbocycles. The number of rotatable bonds is 5. The van der Waals surface area contributed by atoms with Gasteiger partial charge in [0.05, 0.1) is 12.1 Å². The van der Waals surface area contributed by atoms with Crippen LogP contribution < -0.4 is 10.6 Å². The third-order valence-corrected chi connectivity index (χ3v) is 3.36. The molecular formula is C16H19N3. The molecule has 2 aromatic carbocycles. The predicted octanol–water partition coefficient (Wildman–Crippen LogP) is 2.91. The highest BCUT2D eigenvalue weighted by Crippen LogP contribution is 2.26. The smallest absolute Gasteiger partial charge is 0.0944 e. The van der Waals surface area contributed by atoms with Gasteiger partial charge in [-0.3, -0.25) is 0 Å². The van der Waals surface area contributed by atoms with E-state index in [0.717, 1.165) is 13.1 Å². The number of hydrogen-bond donors (Lipinski definition) is 1. The van der Waals surface area contributed by atoms with Crippen molar-refractivity contribution in [3.05, 3.63) is 42.5 Å². The SMILES string of the molecule is CCN(CCC(N)C#N)c1cccc2ccccc12. The summed E-state index contributed by atoms with van der Waals surface area (Å²) >= 11 is 0. The minimum Gasteiger partial charge on any atom is -0.371 e. The lowest BCUT2D eigenvalue weighted by atomic mass is 10.1. The molecule has 0 heterocycles. The van der Waals surface area contributed by atoms with Crippen LogP contribution in [0.1, 0.15) is 13.3 Å². The maximum absolute atomic E-state index is 8.77. The highest BCUT2D eigenvalue weighted by atomic mass is 15.1. The maximum Gasteiger partial charge on any atom is 0.0944 e. The first-order valence-corrected chi connectivity index (χ1v) is 6.64. The van der Waals surface area contributed by atoms with Gasteiger partial charge in [0.2, 0.25) is 0 Å². The van der Waals surface area contributed by atoms with E-state index in [-0.39, 0.29) is 6.04 Å². The minimum absolute atomic E-state index is 0.385. The zero-order chi connectivity index (χ0) is 13.7. The van der Waals surface area contributed by atoms with Crippen LogP contribution in [-0.2, 0) is 0 Å². The van der Waals surface area contributed by atoms with Crippen molar-refractivity contribution >= 4 is 16.5 Å². The van der Waals surface area contributed by atoms with Crippen LogP contribution in [0.5, 0.6) is 0 Å². The van der Waals surface area contributed by atoms with Crippen LogP contribution in [-0.4, -0.2) is 19.1 Å². The van der Waals surface area contributed by atoms with Crippen molar-refractivity contribution < 1.29 is 0 Å². The fourth-order valence-electron chi connectivity index (χ4n) is 2.29. The van der Waals surface area contributed by atoms with Gasteiger partial charge in [-0.05, 0) is 24.8 Å². The molecule has 19 heavy (non-hydrogen) atoms. The van der Waals surface area contributed by atoms with E-state index in [2.05, 4.69) is 54.3 Å². The first-order valence-electron chi connectivity index (χ1n) is 6.64. The van der Waals surface area contributed by atoms with E-state index < -0.39 is 0 Å². The van der Waals surface area contributed by atoms with Crippen LogP contribution >= 0.6 is 0 Å². The summed E-state index contributed by atoms with van der Waals surface area (Å²) in [5.41, 5.74) is 6.89. The molecule has 1 atom stereocenters. The number of anilines is 1. The van der Waals surface area contributed by atoms with E-state index in [0.29, 0.717) is 6.42 Å². The molecule has 0 aliphatic heterocycles. The van der Waals surface area contributed by atoms with Crippen LogP contribution in [0.25, 0.3) is 10.8 Å². The van der Waals surface area contributed by atoms with Gasteiger partial charge >= 0.3 is 0 Å². The van der Waals surface area contributed by atoms with Gasteiger partial charge in [0, 0.05) is 24.2 Å². The van der Waals surface area contributed by atoms with Crippen molar-refractivity contribution in [2.24, 2.45) is 5.73 Å². The molecule has 0 aliphatic carbocycles. The van der Waals surface area contributed by atoms with Gasteiger partial charge in [0.25, 0.3) is 0 Å². The monoisotopic (exact) mass is 253 g/mol. The summed E-state index contributed by atoms with van der Waals surface area (Å²) in [6, 6.07) is 16.4. The molecule has 0 aliphatic rings. The molecule has 0 radical (unpaired) electrons.